The Morgan fingerprint density at radius 1 is 1.08 bits per heavy atom. The summed E-state index contributed by atoms with van der Waals surface area (Å²) in [6.45, 7) is 5.93. The van der Waals surface area contributed by atoms with E-state index in [4.69, 9.17) is 0 Å². The minimum atomic E-state index is -0.271. The molecule has 1 N–H and O–H groups in total. The van der Waals surface area contributed by atoms with E-state index in [9.17, 15) is 5.11 Å². The molecule has 1 aromatic carbocycles. The maximum Gasteiger partial charge on any atom is 0.0577 e. The first-order valence-corrected chi connectivity index (χ1v) is 4.36. The van der Waals surface area contributed by atoms with Crippen LogP contribution in [0.3, 0.4) is 0 Å². The van der Waals surface area contributed by atoms with Crippen LogP contribution in [0.2, 0.25) is 0 Å². The summed E-state index contributed by atoms with van der Waals surface area (Å²) in [4.78, 5) is 0. The average Bonchev–Trinajstić information content (AvgIpc) is 2.04. The molecule has 0 heterocycles. The lowest BCUT2D eigenvalue weighted by molar-refractivity contribution is 0.169. The fraction of sp³-hybridized carbons (Fsp3) is 0.455. The zero-order chi connectivity index (χ0) is 9.14. The summed E-state index contributed by atoms with van der Waals surface area (Å²) in [5.74, 6) is 0.227. The molecule has 1 rings (SSSR count). The molecule has 0 spiro atoms. The standard InChI is InChI=1S/C11H16O/c1-8-4-6-11(7-5-8)9(2)10(3)12/h4-7,9-10,12H,1-3H3. The van der Waals surface area contributed by atoms with Crippen LogP contribution in [0.4, 0.5) is 0 Å². The van der Waals surface area contributed by atoms with Crippen molar-refractivity contribution < 1.29 is 5.11 Å². The Hall–Kier alpha value is -0.820. The molecule has 0 saturated carbocycles. The van der Waals surface area contributed by atoms with Gasteiger partial charge in [0.15, 0.2) is 0 Å². The maximum atomic E-state index is 9.34. The van der Waals surface area contributed by atoms with E-state index >= 15 is 0 Å². The van der Waals surface area contributed by atoms with Crippen LogP contribution in [0.15, 0.2) is 24.3 Å². The van der Waals surface area contributed by atoms with Crippen molar-refractivity contribution in [2.45, 2.75) is 32.8 Å². The van der Waals surface area contributed by atoms with Gasteiger partial charge in [0, 0.05) is 5.92 Å². The van der Waals surface area contributed by atoms with E-state index in [0.717, 1.165) is 0 Å². The lowest BCUT2D eigenvalue weighted by Crippen LogP contribution is -2.10. The van der Waals surface area contributed by atoms with Crippen LogP contribution >= 0.6 is 0 Å². The molecule has 0 aliphatic carbocycles. The molecule has 66 valence electrons. The molecule has 0 amide bonds. The Kier molecular flexibility index (Phi) is 2.88. The molecular formula is C11H16O. The number of aryl methyl sites for hydroxylation is 1. The highest BCUT2D eigenvalue weighted by Gasteiger charge is 2.10. The van der Waals surface area contributed by atoms with Gasteiger partial charge in [-0.25, -0.2) is 0 Å². The second-order valence-electron chi connectivity index (χ2n) is 3.44. The molecule has 2 atom stereocenters. The van der Waals surface area contributed by atoms with Gasteiger partial charge < -0.3 is 5.11 Å². The summed E-state index contributed by atoms with van der Waals surface area (Å²) in [5, 5.41) is 9.34. The molecule has 0 aliphatic heterocycles. The summed E-state index contributed by atoms with van der Waals surface area (Å²) < 4.78 is 0. The third-order valence-corrected chi connectivity index (χ3v) is 2.33. The fourth-order valence-electron chi connectivity index (χ4n) is 1.15. The lowest BCUT2D eigenvalue weighted by Gasteiger charge is -2.14. The molecule has 1 nitrogen and oxygen atoms in total. The molecule has 0 aromatic heterocycles. The van der Waals surface area contributed by atoms with Gasteiger partial charge in [0.2, 0.25) is 0 Å². The fourth-order valence-corrected chi connectivity index (χ4v) is 1.15. The number of hydrogen-bond acceptors (Lipinski definition) is 1. The molecule has 0 fully saturated rings. The van der Waals surface area contributed by atoms with Crippen molar-refractivity contribution in [1.29, 1.82) is 0 Å². The smallest absolute Gasteiger partial charge is 0.0577 e. The molecule has 1 aromatic rings. The summed E-state index contributed by atoms with van der Waals surface area (Å²) in [6, 6.07) is 8.31. The Morgan fingerprint density at radius 3 is 2.00 bits per heavy atom. The van der Waals surface area contributed by atoms with E-state index in [1.54, 1.807) is 0 Å². The highest BCUT2D eigenvalue weighted by molar-refractivity contribution is 5.24. The topological polar surface area (TPSA) is 20.2 Å². The van der Waals surface area contributed by atoms with Gasteiger partial charge in [-0.1, -0.05) is 36.8 Å². The largest absolute Gasteiger partial charge is 0.393 e. The maximum absolute atomic E-state index is 9.34. The number of aliphatic hydroxyl groups excluding tert-OH is 1. The van der Waals surface area contributed by atoms with Gasteiger partial charge in [0.05, 0.1) is 6.10 Å². The van der Waals surface area contributed by atoms with Crippen molar-refractivity contribution in [3.63, 3.8) is 0 Å². The molecular weight excluding hydrogens is 148 g/mol. The van der Waals surface area contributed by atoms with Crippen molar-refractivity contribution in [3.8, 4) is 0 Å². The molecule has 12 heavy (non-hydrogen) atoms. The van der Waals surface area contributed by atoms with Crippen LogP contribution < -0.4 is 0 Å². The van der Waals surface area contributed by atoms with E-state index in [-0.39, 0.29) is 12.0 Å². The van der Waals surface area contributed by atoms with Gasteiger partial charge in [0.25, 0.3) is 0 Å². The summed E-state index contributed by atoms with van der Waals surface area (Å²) >= 11 is 0. The SMILES string of the molecule is Cc1ccc(C(C)C(C)O)cc1. The Morgan fingerprint density at radius 2 is 1.58 bits per heavy atom. The van der Waals surface area contributed by atoms with Crippen LogP contribution in [0.5, 0.6) is 0 Å². The molecule has 1 heteroatoms. The molecule has 0 radical (unpaired) electrons. The van der Waals surface area contributed by atoms with Crippen LogP contribution in [-0.2, 0) is 0 Å². The predicted molar refractivity (Wildman–Crippen MR) is 51.3 cm³/mol. The number of aliphatic hydroxyl groups is 1. The normalized spacial score (nSPS) is 15.7. The number of hydrogen-bond donors (Lipinski definition) is 1. The minimum absolute atomic E-state index is 0.227. The first-order valence-electron chi connectivity index (χ1n) is 4.36. The Labute approximate surface area is 74.1 Å². The van der Waals surface area contributed by atoms with Gasteiger partial charge in [-0.2, -0.15) is 0 Å². The zero-order valence-corrected chi connectivity index (χ0v) is 7.91. The van der Waals surface area contributed by atoms with Crippen LogP contribution in [0.25, 0.3) is 0 Å². The number of benzene rings is 1. The first-order chi connectivity index (χ1) is 5.61. The van der Waals surface area contributed by atoms with Gasteiger partial charge in [0.1, 0.15) is 0 Å². The predicted octanol–water partition coefficient (Wildman–Crippen LogP) is 2.48. The minimum Gasteiger partial charge on any atom is -0.393 e. The van der Waals surface area contributed by atoms with Gasteiger partial charge in [-0.15, -0.1) is 0 Å². The average molecular weight is 164 g/mol. The Bertz CT molecular complexity index is 236. The zero-order valence-electron chi connectivity index (χ0n) is 7.91. The van der Waals surface area contributed by atoms with E-state index in [1.165, 1.54) is 11.1 Å². The van der Waals surface area contributed by atoms with Gasteiger partial charge in [-0.05, 0) is 19.4 Å². The molecule has 0 bridgehead atoms. The van der Waals surface area contributed by atoms with Crippen LogP contribution in [0, 0.1) is 6.92 Å². The van der Waals surface area contributed by atoms with Crippen molar-refractivity contribution in [2.24, 2.45) is 0 Å². The summed E-state index contributed by atoms with van der Waals surface area (Å²) in [7, 11) is 0. The van der Waals surface area contributed by atoms with Gasteiger partial charge >= 0.3 is 0 Å². The third-order valence-electron chi connectivity index (χ3n) is 2.33. The number of rotatable bonds is 2. The van der Waals surface area contributed by atoms with E-state index in [2.05, 4.69) is 31.2 Å². The molecule has 0 saturated heterocycles. The Balaban J connectivity index is 2.82. The second kappa shape index (κ2) is 3.72. The lowest BCUT2D eigenvalue weighted by atomic mass is 9.96. The van der Waals surface area contributed by atoms with E-state index in [1.807, 2.05) is 13.8 Å². The highest BCUT2D eigenvalue weighted by atomic mass is 16.3. The molecule has 0 aliphatic rings. The monoisotopic (exact) mass is 164 g/mol. The summed E-state index contributed by atoms with van der Waals surface area (Å²) in [5.41, 5.74) is 2.46. The first kappa shape index (κ1) is 9.27. The van der Waals surface area contributed by atoms with Crippen molar-refractivity contribution in [1.82, 2.24) is 0 Å². The second-order valence-corrected chi connectivity index (χ2v) is 3.44. The van der Waals surface area contributed by atoms with Gasteiger partial charge in [-0.3, -0.25) is 0 Å². The van der Waals surface area contributed by atoms with E-state index < -0.39 is 0 Å². The van der Waals surface area contributed by atoms with Crippen LogP contribution in [-0.4, -0.2) is 11.2 Å². The van der Waals surface area contributed by atoms with Crippen molar-refractivity contribution >= 4 is 0 Å². The highest BCUT2D eigenvalue weighted by Crippen LogP contribution is 2.18. The van der Waals surface area contributed by atoms with Crippen molar-refractivity contribution in [3.05, 3.63) is 35.4 Å². The van der Waals surface area contributed by atoms with Crippen LogP contribution in [0.1, 0.15) is 30.9 Å². The third kappa shape index (κ3) is 2.08. The van der Waals surface area contributed by atoms with Crippen molar-refractivity contribution in [2.75, 3.05) is 0 Å². The quantitative estimate of drug-likeness (QED) is 0.712. The van der Waals surface area contributed by atoms with E-state index in [0.29, 0.717) is 0 Å². The summed E-state index contributed by atoms with van der Waals surface area (Å²) in [6.07, 6.45) is -0.271. The molecule has 2 unspecified atom stereocenters.